The third-order valence-electron chi connectivity index (χ3n) is 3.27. The highest BCUT2D eigenvalue weighted by atomic mass is 32.2. The summed E-state index contributed by atoms with van der Waals surface area (Å²) in [5.74, 6) is -0.163. The Morgan fingerprint density at radius 3 is 2.32 bits per heavy atom. The first-order chi connectivity index (χ1) is 10.4. The van der Waals surface area contributed by atoms with Crippen molar-refractivity contribution in [2.45, 2.75) is 4.90 Å². The molecule has 0 atom stereocenters. The number of morpholine rings is 1. The fourth-order valence-corrected chi connectivity index (χ4v) is 3.45. The lowest BCUT2D eigenvalue weighted by molar-refractivity contribution is 0.0730. The molecule has 120 valence electrons. The Hall–Kier alpha value is -1.70. The lowest BCUT2D eigenvalue weighted by Crippen LogP contribution is -2.40. The molecule has 0 amide bonds. The van der Waals surface area contributed by atoms with Crippen LogP contribution in [0.3, 0.4) is 0 Å². The van der Waals surface area contributed by atoms with Crippen LogP contribution in [0, 0.1) is 0 Å². The summed E-state index contributed by atoms with van der Waals surface area (Å²) in [6, 6.07) is 6.02. The molecule has 0 bridgehead atoms. The standard InChI is InChI=1S/C15H20N2O4S/c1-16(2)8-7-15(18)13-3-5-14(6-4-13)22(19,20)17-9-11-21-12-10-17/h3-8H,9-12H2,1-2H3. The summed E-state index contributed by atoms with van der Waals surface area (Å²) in [5.41, 5.74) is 0.457. The number of benzene rings is 1. The largest absolute Gasteiger partial charge is 0.383 e. The molecule has 7 heteroatoms. The van der Waals surface area contributed by atoms with E-state index in [0.717, 1.165) is 0 Å². The van der Waals surface area contributed by atoms with Crippen LogP contribution in [0.25, 0.3) is 0 Å². The lowest BCUT2D eigenvalue weighted by atomic mass is 10.1. The van der Waals surface area contributed by atoms with E-state index in [9.17, 15) is 13.2 Å². The van der Waals surface area contributed by atoms with Crippen LogP contribution in [0.1, 0.15) is 10.4 Å². The summed E-state index contributed by atoms with van der Waals surface area (Å²) < 4.78 is 31.5. The fraction of sp³-hybridized carbons (Fsp3) is 0.400. The molecular weight excluding hydrogens is 304 g/mol. The molecule has 1 aromatic carbocycles. The van der Waals surface area contributed by atoms with Crippen molar-refractivity contribution in [2.75, 3.05) is 40.4 Å². The first-order valence-corrected chi connectivity index (χ1v) is 8.42. The Bertz CT molecular complexity index is 645. The van der Waals surface area contributed by atoms with Crippen LogP contribution >= 0.6 is 0 Å². The molecule has 0 radical (unpaired) electrons. The SMILES string of the molecule is CN(C)C=CC(=O)c1ccc(S(=O)(=O)N2CCOCC2)cc1. The average Bonchev–Trinajstić information content (AvgIpc) is 2.53. The number of hydrogen-bond donors (Lipinski definition) is 0. The van der Waals surface area contributed by atoms with Crippen molar-refractivity contribution < 1.29 is 17.9 Å². The Balaban J connectivity index is 2.16. The van der Waals surface area contributed by atoms with Crippen LogP contribution in [0.2, 0.25) is 0 Å². The first kappa shape index (κ1) is 16.7. The van der Waals surface area contributed by atoms with E-state index in [4.69, 9.17) is 4.74 Å². The van der Waals surface area contributed by atoms with Crippen LogP contribution in [-0.2, 0) is 14.8 Å². The van der Waals surface area contributed by atoms with Gasteiger partial charge in [-0.1, -0.05) is 0 Å². The molecule has 1 saturated heterocycles. The van der Waals surface area contributed by atoms with E-state index < -0.39 is 10.0 Å². The van der Waals surface area contributed by atoms with Crippen molar-refractivity contribution in [1.82, 2.24) is 9.21 Å². The van der Waals surface area contributed by atoms with Gasteiger partial charge in [-0.2, -0.15) is 4.31 Å². The van der Waals surface area contributed by atoms with Crippen molar-refractivity contribution >= 4 is 15.8 Å². The minimum absolute atomic E-state index is 0.163. The quantitative estimate of drug-likeness (QED) is 0.596. The van der Waals surface area contributed by atoms with Gasteiger partial charge < -0.3 is 9.64 Å². The smallest absolute Gasteiger partial charge is 0.243 e. The van der Waals surface area contributed by atoms with Crippen molar-refractivity contribution in [2.24, 2.45) is 0 Å². The van der Waals surface area contributed by atoms with Crippen molar-refractivity contribution in [3.63, 3.8) is 0 Å². The van der Waals surface area contributed by atoms with Crippen molar-refractivity contribution in [1.29, 1.82) is 0 Å². The number of sulfonamides is 1. The number of hydrogen-bond acceptors (Lipinski definition) is 5. The number of ether oxygens (including phenoxy) is 1. The van der Waals surface area contributed by atoms with E-state index in [1.807, 2.05) is 14.1 Å². The summed E-state index contributed by atoms with van der Waals surface area (Å²) in [7, 11) is 0.128. The molecule has 1 aromatic rings. The van der Waals surface area contributed by atoms with Gasteiger partial charge in [0.1, 0.15) is 0 Å². The minimum atomic E-state index is -3.51. The van der Waals surface area contributed by atoms with Gasteiger partial charge in [0.15, 0.2) is 5.78 Å². The molecule has 0 saturated carbocycles. The molecule has 0 aliphatic carbocycles. The van der Waals surface area contributed by atoms with Gasteiger partial charge in [-0.3, -0.25) is 4.79 Å². The summed E-state index contributed by atoms with van der Waals surface area (Å²) in [6.07, 6.45) is 3.10. The number of allylic oxidation sites excluding steroid dienone is 1. The van der Waals surface area contributed by atoms with E-state index in [2.05, 4.69) is 0 Å². The molecule has 6 nitrogen and oxygen atoms in total. The maximum absolute atomic E-state index is 12.4. The van der Waals surface area contributed by atoms with Crippen LogP contribution in [0.15, 0.2) is 41.4 Å². The second-order valence-electron chi connectivity index (χ2n) is 5.18. The molecule has 1 fully saturated rings. The molecule has 2 rings (SSSR count). The molecular formula is C15H20N2O4S. The van der Waals surface area contributed by atoms with Gasteiger partial charge in [-0.25, -0.2) is 8.42 Å². The summed E-state index contributed by atoms with van der Waals surface area (Å²) in [5, 5.41) is 0. The molecule has 0 N–H and O–H groups in total. The van der Waals surface area contributed by atoms with Crippen LogP contribution < -0.4 is 0 Å². The van der Waals surface area contributed by atoms with Crippen LogP contribution in [-0.4, -0.2) is 63.8 Å². The second kappa shape index (κ2) is 7.04. The summed E-state index contributed by atoms with van der Waals surface area (Å²) in [4.78, 5) is 13.9. The highest BCUT2D eigenvalue weighted by molar-refractivity contribution is 7.89. The number of ketones is 1. The molecule has 0 spiro atoms. The topological polar surface area (TPSA) is 66.9 Å². The summed E-state index contributed by atoms with van der Waals surface area (Å²) in [6.45, 7) is 1.53. The fourth-order valence-electron chi connectivity index (χ4n) is 2.04. The highest BCUT2D eigenvalue weighted by Crippen LogP contribution is 2.18. The predicted molar refractivity (Wildman–Crippen MR) is 83.2 cm³/mol. The Labute approximate surface area is 131 Å². The van der Waals surface area contributed by atoms with Crippen LogP contribution in [0.5, 0.6) is 0 Å². The molecule has 1 heterocycles. The second-order valence-corrected chi connectivity index (χ2v) is 7.12. The average molecular weight is 324 g/mol. The van der Waals surface area contributed by atoms with Crippen molar-refractivity contribution in [3.05, 3.63) is 42.1 Å². The Kier molecular flexibility index (Phi) is 5.33. The Morgan fingerprint density at radius 1 is 1.18 bits per heavy atom. The highest BCUT2D eigenvalue weighted by Gasteiger charge is 2.26. The van der Waals surface area contributed by atoms with Gasteiger partial charge in [0, 0.05) is 45.0 Å². The predicted octanol–water partition coefficient (Wildman–Crippen LogP) is 0.965. The van der Waals surface area contributed by atoms with E-state index in [0.29, 0.717) is 31.9 Å². The normalized spacial score (nSPS) is 16.8. The minimum Gasteiger partial charge on any atom is -0.383 e. The monoisotopic (exact) mass is 324 g/mol. The molecule has 0 unspecified atom stereocenters. The molecule has 22 heavy (non-hydrogen) atoms. The zero-order valence-electron chi connectivity index (χ0n) is 12.7. The molecule has 0 aromatic heterocycles. The van der Waals surface area contributed by atoms with E-state index in [1.54, 1.807) is 11.1 Å². The van der Waals surface area contributed by atoms with Gasteiger partial charge in [0.2, 0.25) is 10.0 Å². The maximum Gasteiger partial charge on any atom is 0.243 e. The zero-order chi connectivity index (χ0) is 16.2. The van der Waals surface area contributed by atoms with Gasteiger partial charge in [-0.15, -0.1) is 0 Å². The number of carbonyl (C=O) groups excluding carboxylic acids is 1. The summed E-state index contributed by atoms with van der Waals surface area (Å²) >= 11 is 0. The maximum atomic E-state index is 12.4. The Morgan fingerprint density at radius 2 is 1.77 bits per heavy atom. The molecule has 1 aliphatic rings. The first-order valence-electron chi connectivity index (χ1n) is 6.98. The number of carbonyl (C=O) groups is 1. The third-order valence-corrected chi connectivity index (χ3v) is 5.18. The zero-order valence-corrected chi connectivity index (χ0v) is 13.5. The van der Waals surface area contributed by atoms with E-state index >= 15 is 0 Å². The lowest BCUT2D eigenvalue weighted by Gasteiger charge is -2.26. The van der Waals surface area contributed by atoms with Gasteiger partial charge in [0.25, 0.3) is 0 Å². The van der Waals surface area contributed by atoms with Crippen LogP contribution in [0.4, 0.5) is 0 Å². The van der Waals surface area contributed by atoms with E-state index in [1.165, 1.54) is 34.6 Å². The van der Waals surface area contributed by atoms with Gasteiger partial charge >= 0.3 is 0 Å². The third kappa shape index (κ3) is 3.94. The van der Waals surface area contributed by atoms with Gasteiger partial charge in [-0.05, 0) is 24.3 Å². The number of rotatable bonds is 5. The van der Waals surface area contributed by atoms with E-state index in [-0.39, 0.29) is 10.7 Å². The van der Waals surface area contributed by atoms with Gasteiger partial charge in [0.05, 0.1) is 18.1 Å². The number of nitrogens with zero attached hydrogens (tertiary/aromatic N) is 2. The molecule has 1 aliphatic heterocycles. The van der Waals surface area contributed by atoms with Crippen molar-refractivity contribution in [3.8, 4) is 0 Å².